The molecule has 0 bridgehead atoms. The van der Waals surface area contributed by atoms with Crippen molar-refractivity contribution in [3.8, 4) is 0 Å². The van der Waals surface area contributed by atoms with Crippen molar-refractivity contribution in [2.24, 2.45) is 0 Å². The molecule has 2 aliphatic rings. The molecule has 1 saturated heterocycles. The zero-order valence-corrected chi connectivity index (χ0v) is 16.4. The first kappa shape index (κ1) is 19.3. The first-order chi connectivity index (χ1) is 14.0. The van der Waals surface area contributed by atoms with E-state index in [4.69, 9.17) is 9.47 Å². The van der Waals surface area contributed by atoms with E-state index in [9.17, 15) is 18.0 Å². The van der Waals surface area contributed by atoms with E-state index in [2.05, 4.69) is 0 Å². The van der Waals surface area contributed by atoms with Crippen LogP contribution >= 0.6 is 0 Å². The summed E-state index contributed by atoms with van der Waals surface area (Å²) in [5, 5.41) is -1.32. The lowest BCUT2D eigenvalue weighted by molar-refractivity contribution is 0.148. The maximum atomic E-state index is 13.0. The number of para-hydroxylation sites is 1. The number of anilines is 1. The topological polar surface area (TPSA) is 93.2 Å². The van der Waals surface area contributed by atoms with Gasteiger partial charge in [-0.2, -0.15) is 8.42 Å². The lowest BCUT2D eigenvalue weighted by Crippen LogP contribution is -2.52. The molecule has 0 saturated carbocycles. The number of rotatable bonds is 4. The number of nitrogens with zero attached hydrogens (tertiary/aromatic N) is 2. The number of sulfonamides is 1. The van der Waals surface area contributed by atoms with Crippen LogP contribution in [-0.4, -0.2) is 50.5 Å². The van der Waals surface area contributed by atoms with Crippen LogP contribution < -0.4 is 4.31 Å². The highest BCUT2D eigenvalue weighted by Crippen LogP contribution is 2.32. The van der Waals surface area contributed by atoms with Gasteiger partial charge in [0, 0.05) is 0 Å². The molecule has 1 amide bonds. The molecule has 0 radical (unpaired) electrons. The van der Waals surface area contributed by atoms with E-state index in [1.165, 1.54) is 4.90 Å². The van der Waals surface area contributed by atoms with Gasteiger partial charge in [0.15, 0.2) is 0 Å². The van der Waals surface area contributed by atoms with Gasteiger partial charge in [0.2, 0.25) is 0 Å². The van der Waals surface area contributed by atoms with Gasteiger partial charge in [0.05, 0.1) is 24.8 Å². The largest absolute Gasteiger partial charge is 0.448 e. The van der Waals surface area contributed by atoms with Crippen LogP contribution in [0.3, 0.4) is 0 Å². The Labute approximate surface area is 168 Å². The number of hydrogen-bond donors (Lipinski definition) is 0. The lowest BCUT2D eigenvalue weighted by Gasteiger charge is -2.37. The van der Waals surface area contributed by atoms with Gasteiger partial charge in [-0.25, -0.2) is 9.59 Å². The maximum Gasteiger partial charge on any atom is 0.445 e. The van der Waals surface area contributed by atoms with Crippen LogP contribution in [0.2, 0.25) is 0 Å². The van der Waals surface area contributed by atoms with Crippen molar-refractivity contribution in [1.82, 2.24) is 4.90 Å². The van der Waals surface area contributed by atoms with Crippen LogP contribution in [0, 0.1) is 0 Å². The maximum absolute atomic E-state index is 13.0. The quantitative estimate of drug-likeness (QED) is 0.711. The normalized spacial score (nSPS) is 18.9. The molecule has 2 aromatic carbocycles. The Balaban J connectivity index is 1.58. The number of benzene rings is 2. The first-order valence-electron chi connectivity index (χ1n) is 9.21. The fourth-order valence-corrected chi connectivity index (χ4v) is 4.78. The van der Waals surface area contributed by atoms with E-state index >= 15 is 0 Å². The van der Waals surface area contributed by atoms with Crippen LogP contribution in [0.1, 0.15) is 11.1 Å². The summed E-state index contributed by atoms with van der Waals surface area (Å²) in [5.74, 6) is 0. The average molecular weight is 416 g/mol. The minimum absolute atomic E-state index is 0.0329. The predicted octanol–water partition coefficient (Wildman–Crippen LogP) is 2.54. The number of fused-ring (bicyclic) bond motifs is 1. The average Bonchev–Trinajstić information content (AvgIpc) is 3.17. The number of hydrogen-bond acceptors (Lipinski definition) is 6. The van der Waals surface area contributed by atoms with Gasteiger partial charge < -0.3 is 9.47 Å². The van der Waals surface area contributed by atoms with E-state index in [1.807, 2.05) is 6.07 Å². The van der Waals surface area contributed by atoms with Gasteiger partial charge in [0.1, 0.15) is 13.2 Å². The van der Waals surface area contributed by atoms with Crippen LogP contribution in [0.15, 0.2) is 54.6 Å². The fraction of sp³-hybridized carbons (Fsp3) is 0.300. The van der Waals surface area contributed by atoms with Crippen molar-refractivity contribution >= 4 is 27.1 Å². The second-order valence-electron chi connectivity index (χ2n) is 6.85. The smallest absolute Gasteiger partial charge is 0.445 e. The Bertz CT molecular complexity index is 1020. The lowest BCUT2D eigenvalue weighted by atomic mass is 9.99. The molecule has 0 aromatic heterocycles. The number of carbonyl (C=O) groups is 2. The van der Waals surface area contributed by atoms with E-state index in [-0.39, 0.29) is 19.8 Å². The third-order valence-corrected chi connectivity index (χ3v) is 6.49. The highest BCUT2D eigenvalue weighted by atomic mass is 32.2. The Morgan fingerprint density at radius 1 is 1.10 bits per heavy atom. The van der Waals surface area contributed by atoms with Gasteiger partial charge in [-0.1, -0.05) is 48.5 Å². The van der Waals surface area contributed by atoms with Crippen LogP contribution in [0.5, 0.6) is 0 Å². The summed E-state index contributed by atoms with van der Waals surface area (Å²) in [6, 6.07) is 15.4. The highest BCUT2D eigenvalue weighted by Gasteiger charge is 2.41. The van der Waals surface area contributed by atoms with Crippen molar-refractivity contribution in [1.29, 1.82) is 0 Å². The summed E-state index contributed by atoms with van der Waals surface area (Å²) >= 11 is 0. The van der Waals surface area contributed by atoms with Gasteiger partial charge in [-0.15, -0.1) is 0 Å². The first-order valence-corrected chi connectivity index (χ1v) is 10.7. The Morgan fingerprint density at radius 3 is 2.55 bits per heavy atom. The number of amides is 1. The molecule has 2 aromatic rings. The molecular weight excluding hydrogens is 396 g/mol. The summed E-state index contributed by atoms with van der Waals surface area (Å²) in [5.41, 5.74) is 1.85. The van der Waals surface area contributed by atoms with E-state index in [0.717, 1.165) is 9.87 Å². The molecule has 0 N–H and O–H groups in total. The highest BCUT2D eigenvalue weighted by molar-refractivity contribution is 8.06. The van der Waals surface area contributed by atoms with Crippen LogP contribution in [0.4, 0.5) is 15.3 Å². The number of carbonyl (C=O) groups excluding carboxylic acids is 2. The van der Waals surface area contributed by atoms with Gasteiger partial charge in [0.25, 0.3) is 0 Å². The standard InChI is InChI=1S/C20H20N2O6S/c23-19-21(10-11-27-19)17-12-16-8-4-5-9-18(16)22(13-17)29(25,26)20(24)28-14-15-6-2-1-3-7-15/h1-9,17H,10-14H2/t17-/m1/s1. The summed E-state index contributed by atoms with van der Waals surface area (Å²) in [6.45, 7) is 0.478. The van der Waals surface area contributed by atoms with Gasteiger partial charge >= 0.3 is 21.4 Å². The van der Waals surface area contributed by atoms with Crippen LogP contribution in [-0.2, 0) is 32.5 Å². The molecule has 1 atom stereocenters. The third-order valence-electron chi connectivity index (χ3n) is 5.03. The number of cyclic esters (lactones) is 1. The second-order valence-corrected chi connectivity index (χ2v) is 8.58. The van der Waals surface area contributed by atoms with E-state index < -0.39 is 27.5 Å². The monoisotopic (exact) mass is 416 g/mol. The van der Waals surface area contributed by atoms with Gasteiger partial charge in [-0.05, 0) is 23.6 Å². The molecule has 0 spiro atoms. The minimum atomic E-state index is -4.43. The number of ether oxygens (including phenoxy) is 2. The second kappa shape index (κ2) is 7.75. The molecule has 152 valence electrons. The zero-order valence-electron chi connectivity index (χ0n) is 15.6. The minimum Gasteiger partial charge on any atom is -0.448 e. The molecule has 2 heterocycles. The van der Waals surface area contributed by atoms with Crippen molar-refractivity contribution in [3.05, 3.63) is 65.7 Å². The zero-order chi connectivity index (χ0) is 20.4. The molecule has 9 heteroatoms. The molecule has 0 unspecified atom stereocenters. The predicted molar refractivity (Wildman–Crippen MR) is 105 cm³/mol. The third kappa shape index (κ3) is 3.77. The van der Waals surface area contributed by atoms with E-state index in [0.29, 0.717) is 24.2 Å². The summed E-state index contributed by atoms with van der Waals surface area (Å²) in [4.78, 5) is 26.0. The van der Waals surface area contributed by atoms with E-state index in [1.54, 1.807) is 48.5 Å². The molecule has 2 aliphatic heterocycles. The van der Waals surface area contributed by atoms with Crippen molar-refractivity contribution < 1.29 is 27.5 Å². The van der Waals surface area contributed by atoms with Crippen molar-refractivity contribution in [2.45, 2.75) is 19.1 Å². The van der Waals surface area contributed by atoms with Crippen molar-refractivity contribution in [2.75, 3.05) is 24.0 Å². The molecular formula is C20H20N2O6S. The fourth-order valence-electron chi connectivity index (χ4n) is 3.59. The molecule has 0 aliphatic carbocycles. The summed E-state index contributed by atoms with van der Waals surface area (Å²) in [6.07, 6.45) is 0.00878. The van der Waals surface area contributed by atoms with Gasteiger partial charge in [-0.3, -0.25) is 9.21 Å². The molecule has 29 heavy (non-hydrogen) atoms. The molecule has 8 nitrogen and oxygen atoms in total. The molecule has 1 fully saturated rings. The van der Waals surface area contributed by atoms with Crippen molar-refractivity contribution in [3.63, 3.8) is 0 Å². The summed E-state index contributed by atoms with van der Waals surface area (Å²) < 4.78 is 37.2. The Hall–Kier alpha value is -3.07. The summed E-state index contributed by atoms with van der Waals surface area (Å²) in [7, 11) is -4.43. The SMILES string of the molecule is O=C1OCCN1[C@@H]1Cc2ccccc2N(S(=O)(=O)C(=O)OCc2ccccc2)C1. The van der Waals surface area contributed by atoms with Crippen LogP contribution in [0.25, 0.3) is 0 Å². The Kier molecular flexibility index (Phi) is 5.14. The Morgan fingerprint density at radius 2 is 1.83 bits per heavy atom. The molecule has 4 rings (SSSR count).